The molecule has 6 nitrogen and oxygen atoms in total. The van der Waals surface area contributed by atoms with E-state index in [-0.39, 0.29) is 4.90 Å². The third kappa shape index (κ3) is 3.73. The second-order valence-electron chi connectivity index (χ2n) is 5.90. The summed E-state index contributed by atoms with van der Waals surface area (Å²) in [6, 6.07) is 21.8. The van der Waals surface area contributed by atoms with Crippen LogP contribution in [0.15, 0.2) is 90.1 Å². The number of rotatable bonds is 5. The highest BCUT2D eigenvalue weighted by Gasteiger charge is 2.16. The van der Waals surface area contributed by atoms with Crippen LogP contribution in [-0.4, -0.2) is 23.6 Å². The fraction of sp³-hybridized carbons (Fsp3) is 0. The van der Waals surface area contributed by atoms with E-state index in [2.05, 4.69) is 19.9 Å². The van der Waals surface area contributed by atoms with Gasteiger partial charge in [0, 0.05) is 24.0 Å². The summed E-state index contributed by atoms with van der Waals surface area (Å²) in [5.74, 6) is 0.293. The van der Waals surface area contributed by atoms with Gasteiger partial charge in [-0.25, -0.2) is 8.42 Å². The average Bonchev–Trinajstić information content (AvgIpc) is 3.17. The maximum Gasteiger partial charge on any atom is 0.263 e. The number of pyridine rings is 1. The van der Waals surface area contributed by atoms with Crippen molar-refractivity contribution in [3.05, 3.63) is 85.2 Å². The zero-order valence-corrected chi connectivity index (χ0v) is 15.0. The van der Waals surface area contributed by atoms with E-state index >= 15 is 0 Å². The van der Waals surface area contributed by atoms with Crippen molar-refractivity contribution in [1.82, 2.24) is 15.2 Å². The summed E-state index contributed by atoms with van der Waals surface area (Å²) in [6.45, 7) is 0. The number of benzene rings is 2. The Morgan fingerprint density at radius 2 is 1.52 bits per heavy atom. The highest BCUT2D eigenvalue weighted by atomic mass is 32.2. The molecule has 27 heavy (non-hydrogen) atoms. The van der Waals surface area contributed by atoms with Crippen LogP contribution in [0.1, 0.15) is 0 Å². The lowest BCUT2D eigenvalue weighted by Crippen LogP contribution is -2.13. The van der Waals surface area contributed by atoms with E-state index in [0.717, 1.165) is 16.7 Å². The van der Waals surface area contributed by atoms with Crippen molar-refractivity contribution in [3.8, 4) is 22.4 Å². The van der Waals surface area contributed by atoms with Crippen molar-refractivity contribution in [2.75, 3.05) is 4.72 Å². The van der Waals surface area contributed by atoms with Crippen LogP contribution in [0, 0.1) is 0 Å². The maximum atomic E-state index is 12.6. The monoisotopic (exact) mass is 376 g/mol. The highest BCUT2D eigenvalue weighted by molar-refractivity contribution is 7.92. The second kappa shape index (κ2) is 7.05. The number of H-pyrrole nitrogens is 1. The van der Waals surface area contributed by atoms with Gasteiger partial charge in [0.15, 0.2) is 0 Å². The molecule has 134 valence electrons. The Morgan fingerprint density at radius 1 is 0.815 bits per heavy atom. The zero-order chi connectivity index (χ0) is 18.7. The molecule has 4 rings (SSSR count). The van der Waals surface area contributed by atoms with E-state index in [0.29, 0.717) is 11.5 Å². The van der Waals surface area contributed by atoms with E-state index in [9.17, 15) is 8.42 Å². The molecular weight excluding hydrogens is 360 g/mol. The smallest absolute Gasteiger partial charge is 0.263 e. The van der Waals surface area contributed by atoms with Crippen LogP contribution in [-0.2, 0) is 10.0 Å². The SMILES string of the molecule is O=S(=O)(Nc1cc(-c2cccnc2)n[nH]1)c1ccc(-c2ccccc2)cc1. The molecule has 0 aliphatic heterocycles. The van der Waals surface area contributed by atoms with Crippen molar-refractivity contribution in [1.29, 1.82) is 0 Å². The maximum absolute atomic E-state index is 12.6. The Balaban J connectivity index is 1.55. The van der Waals surface area contributed by atoms with Crippen molar-refractivity contribution in [2.45, 2.75) is 4.90 Å². The molecule has 0 fully saturated rings. The molecule has 2 N–H and O–H groups in total. The predicted octanol–water partition coefficient (Wildman–Crippen LogP) is 3.94. The summed E-state index contributed by atoms with van der Waals surface area (Å²) in [5.41, 5.74) is 3.39. The van der Waals surface area contributed by atoms with Gasteiger partial charge in [-0.05, 0) is 35.4 Å². The Morgan fingerprint density at radius 3 is 2.22 bits per heavy atom. The number of sulfonamides is 1. The molecule has 0 radical (unpaired) electrons. The fourth-order valence-electron chi connectivity index (χ4n) is 2.70. The lowest BCUT2D eigenvalue weighted by Gasteiger charge is -2.07. The molecule has 4 aromatic rings. The van der Waals surface area contributed by atoms with Crippen LogP contribution in [0.5, 0.6) is 0 Å². The molecule has 0 aliphatic carbocycles. The lowest BCUT2D eigenvalue weighted by atomic mass is 10.1. The molecule has 0 bridgehead atoms. The van der Waals surface area contributed by atoms with E-state index in [1.54, 1.807) is 48.8 Å². The molecule has 2 aromatic carbocycles. The van der Waals surface area contributed by atoms with Gasteiger partial charge in [0.2, 0.25) is 0 Å². The molecule has 0 unspecified atom stereocenters. The van der Waals surface area contributed by atoms with E-state index in [1.807, 2.05) is 36.4 Å². The minimum absolute atomic E-state index is 0.180. The fourth-order valence-corrected chi connectivity index (χ4v) is 3.70. The molecule has 0 atom stereocenters. The van der Waals surface area contributed by atoms with Crippen LogP contribution in [0.4, 0.5) is 5.82 Å². The first-order valence-corrected chi connectivity index (χ1v) is 9.74. The van der Waals surface area contributed by atoms with Gasteiger partial charge in [0.1, 0.15) is 5.82 Å². The second-order valence-corrected chi connectivity index (χ2v) is 7.59. The third-order valence-electron chi connectivity index (χ3n) is 4.05. The average molecular weight is 376 g/mol. The Bertz CT molecular complexity index is 1140. The number of aromatic amines is 1. The predicted molar refractivity (Wildman–Crippen MR) is 105 cm³/mol. The number of aromatic nitrogens is 3. The van der Waals surface area contributed by atoms with Gasteiger partial charge in [-0.2, -0.15) is 5.10 Å². The molecule has 0 saturated heterocycles. The summed E-state index contributed by atoms with van der Waals surface area (Å²) in [4.78, 5) is 4.21. The van der Waals surface area contributed by atoms with Gasteiger partial charge >= 0.3 is 0 Å². The largest absolute Gasteiger partial charge is 0.264 e. The van der Waals surface area contributed by atoms with Crippen molar-refractivity contribution >= 4 is 15.8 Å². The number of hydrogen-bond donors (Lipinski definition) is 2. The highest BCUT2D eigenvalue weighted by Crippen LogP contribution is 2.23. The molecular formula is C20H16N4O2S. The molecule has 0 saturated carbocycles. The van der Waals surface area contributed by atoms with Gasteiger partial charge in [-0.15, -0.1) is 0 Å². The van der Waals surface area contributed by atoms with E-state index in [4.69, 9.17) is 0 Å². The van der Waals surface area contributed by atoms with Gasteiger partial charge in [0.25, 0.3) is 10.0 Å². The minimum Gasteiger partial charge on any atom is -0.264 e. The van der Waals surface area contributed by atoms with Crippen LogP contribution >= 0.6 is 0 Å². The van der Waals surface area contributed by atoms with Crippen LogP contribution in [0.25, 0.3) is 22.4 Å². The van der Waals surface area contributed by atoms with Gasteiger partial charge < -0.3 is 0 Å². The molecule has 2 heterocycles. The van der Waals surface area contributed by atoms with Crippen molar-refractivity contribution < 1.29 is 8.42 Å². The molecule has 7 heteroatoms. The third-order valence-corrected chi connectivity index (χ3v) is 5.43. The topological polar surface area (TPSA) is 87.7 Å². The lowest BCUT2D eigenvalue weighted by molar-refractivity contribution is 0.601. The Hall–Kier alpha value is -3.45. The van der Waals surface area contributed by atoms with Crippen molar-refractivity contribution in [3.63, 3.8) is 0 Å². The van der Waals surface area contributed by atoms with Crippen LogP contribution < -0.4 is 4.72 Å². The minimum atomic E-state index is -3.72. The van der Waals surface area contributed by atoms with Crippen LogP contribution in [0.2, 0.25) is 0 Å². The standard InChI is InChI=1S/C20H16N4O2S/c25-27(26,18-10-8-16(9-11-18)15-5-2-1-3-6-15)24-20-13-19(22-23-20)17-7-4-12-21-14-17/h1-14H,(H2,22,23,24). The van der Waals surface area contributed by atoms with Crippen molar-refractivity contribution in [2.24, 2.45) is 0 Å². The Kier molecular flexibility index (Phi) is 4.43. The van der Waals surface area contributed by atoms with E-state index in [1.165, 1.54) is 0 Å². The van der Waals surface area contributed by atoms with Gasteiger partial charge in [0.05, 0.1) is 10.6 Å². The first-order chi connectivity index (χ1) is 13.1. The quantitative estimate of drug-likeness (QED) is 0.552. The van der Waals surface area contributed by atoms with Gasteiger partial charge in [-0.1, -0.05) is 42.5 Å². The summed E-state index contributed by atoms with van der Waals surface area (Å²) in [5, 5.41) is 6.83. The molecule has 0 aliphatic rings. The number of anilines is 1. The number of hydrogen-bond acceptors (Lipinski definition) is 4. The molecule has 0 amide bonds. The number of nitrogens with one attached hydrogen (secondary N) is 2. The first kappa shape index (κ1) is 17.0. The number of nitrogens with zero attached hydrogens (tertiary/aromatic N) is 2. The summed E-state index contributed by atoms with van der Waals surface area (Å²) < 4.78 is 27.8. The normalized spacial score (nSPS) is 11.3. The Labute approximate surface area is 157 Å². The first-order valence-electron chi connectivity index (χ1n) is 8.26. The molecule has 2 aromatic heterocycles. The molecule has 0 spiro atoms. The summed E-state index contributed by atoms with van der Waals surface area (Å²) in [6.07, 6.45) is 3.33. The van der Waals surface area contributed by atoms with Gasteiger partial charge in [-0.3, -0.25) is 14.8 Å². The van der Waals surface area contributed by atoms with Crippen LogP contribution in [0.3, 0.4) is 0 Å². The van der Waals surface area contributed by atoms with E-state index < -0.39 is 10.0 Å². The summed E-state index contributed by atoms with van der Waals surface area (Å²) >= 11 is 0. The summed E-state index contributed by atoms with van der Waals surface area (Å²) in [7, 11) is -3.72. The zero-order valence-electron chi connectivity index (χ0n) is 14.2.